The van der Waals surface area contributed by atoms with Crippen molar-refractivity contribution in [3.05, 3.63) is 36.3 Å². The summed E-state index contributed by atoms with van der Waals surface area (Å²) in [5.41, 5.74) is 4.20. The molecule has 0 saturated carbocycles. The lowest BCUT2D eigenvalue weighted by atomic mass is 10.3. The van der Waals surface area contributed by atoms with Crippen LogP contribution >= 0.6 is 0 Å². The number of hydrogen-bond donors (Lipinski definition) is 1. The van der Waals surface area contributed by atoms with E-state index in [2.05, 4.69) is 10.6 Å². The Hall–Kier alpha value is -1.75. The minimum Gasteiger partial charge on any atom is -0.302 e. The molecule has 0 amide bonds. The van der Waals surface area contributed by atoms with Gasteiger partial charge in [0.15, 0.2) is 0 Å². The van der Waals surface area contributed by atoms with Gasteiger partial charge in [-0.15, -0.1) is 5.53 Å². The van der Waals surface area contributed by atoms with Gasteiger partial charge in [0.25, 0.3) is 0 Å². The topological polar surface area (TPSA) is 34.1 Å². The monoisotopic (exact) mass is 191 g/mol. The molecule has 14 heavy (non-hydrogen) atoms. The van der Waals surface area contributed by atoms with Crippen LogP contribution < -0.4 is 5.53 Å². The third-order valence-electron chi connectivity index (χ3n) is 1.79. The summed E-state index contributed by atoms with van der Waals surface area (Å²) >= 11 is 0. The van der Waals surface area contributed by atoms with Crippen molar-refractivity contribution in [3.8, 4) is 0 Å². The second-order valence-electron chi connectivity index (χ2n) is 3.21. The zero-order valence-electron chi connectivity index (χ0n) is 8.25. The molecule has 5 heteroatoms. The molecule has 0 radical (unpaired) electrons. The van der Waals surface area contributed by atoms with E-state index in [1.54, 1.807) is 16.4 Å². The summed E-state index contributed by atoms with van der Waals surface area (Å²) in [6.07, 6.45) is 11.6. The van der Waals surface area contributed by atoms with Crippen LogP contribution in [-0.2, 0) is 0 Å². The number of hydrazone groups is 1. The van der Waals surface area contributed by atoms with Crippen molar-refractivity contribution in [1.82, 2.24) is 20.6 Å². The Kier molecular flexibility index (Phi) is 2.24. The van der Waals surface area contributed by atoms with Crippen LogP contribution in [0.3, 0.4) is 0 Å². The van der Waals surface area contributed by atoms with Crippen molar-refractivity contribution in [1.29, 1.82) is 0 Å². The molecular weight excluding hydrogens is 178 g/mol. The van der Waals surface area contributed by atoms with Gasteiger partial charge >= 0.3 is 0 Å². The SMILES string of the molecule is CN(C)N=CN1C=C2C=CC=CN2N1. The van der Waals surface area contributed by atoms with E-state index in [1.807, 2.05) is 49.7 Å². The minimum atomic E-state index is 1.10. The molecule has 0 aromatic carbocycles. The van der Waals surface area contributed by atoms with Crippen molar-refractivity contribution in [2.75, 3.05) is 14.1 Å². The highest BCUT2D eigenvalue weighted by Gasteiger charge is 2.16. The summed E-state index contributed by atoms with van der Waals surface area (Å²) in [5, 5.41) is 9.58. The molecule has 5 nitrogen and oxygen atoms in total. The average Bonchev–Trinajstić information content (AvgIpc) is 2.57. The number of hydrogen-bond acceptors (Lipinski definition) is 4. The van der Waals surface area contributed by atoms with E-state index in [4.69, 9.17) is 0 Å². The molecule has 2 aliphatic rings. The van der Waals surface area contributed by atoms with Gasteiger partial charge in [-0.2, -0.15) is 5.10 Å². The highest BCUT2D eigenvalue weighted by Crippen LogP contribution is 2.15. The van der Waals surface area contributed by atoms with Gasteiger partial charge in [-0.3, -0.25) is 10.0 Å². The Bertz CT molecular complexity index is 326. The fraction of sp³-hybridized carbons (Fsp3) is 0.222. The van der Waals surface area contributed by atoms with E-state index >= 15 is 0 Å². The lowest BCUT2D eigenvalue weighted by Gasteiger charge is -2.19. The molecule has 1 N–H and O–H groups in total. The summed E-state index contributed by atoms with van der Waals surface area (Å²) in [6, 6.07) is 0. The second kappa shape index (κ2) is 3.55. The van der Waals surface area contributed by atoms with Gasteiger partial charge in [0, 0.05) is 26.5 Å². The van der Waals surface area contributed by atoms with Gasteiger partial charge in [-0.05, 0) is 12.2 Å². The number of nitrogens with one attached hydrogen (secondary N) is 1. The molecule has 0 spiro atoms. The predicted molar refractivity (Wildman–Crippen MR) is 55.4 cm³/mol. The Morgan fingerprint density at radius 2 is 2.29 bits per heavy atom. The van der Waals surface area contributed by atoms with Gasteiger partial charge in [0.2, 0.25) is 0 Å². The molecule has 0 saturated heterocycles. The maximum absolute atomic E-state index is 4.12. The standard InChI is InChI=1S/C9H13N5/c1-12(2)10-8-13-7-9-5-3-4-6-14(9)11-13/h3-8,11H,1-2H3. The second-order valence-corrected chi connectivity index (χ2v) is 3.21. The van der Waals surface area contributed by atoms with E-state index in [0.29, 0.717) is 0 Å². The van der Waals surface area contributed by atoms with Crippen LogP contribution in [-0.4, -0.2) is 35.5 Å². The lowest BCUT2D eigenvalue weighted by Crippen LogP contribution is -2.37. The molecule has 0 bridgehead atoms. The van der Waals surface area contributed by atoms with Gasteiger partial charge in [-0.25, -0.2) is 0 Å². The molecule has 2 aliphatic heterocycles. The highest BCUT2D eigenvalue weighted by molar-refractivity contribution is 5.56. The summed E-state index contributed by atoms with van der Waals surface area (Å²) in [4.78, 5) is 0. The van der Waals surface area contributed by atoms with Crippen LogP contribution in [0.5, 0.6) is 0 Å². The summed E-state index contributed by atoms with van der Waals surface area (Å²) < 4.78 is 0. The first kappa shape index (κ1) is 8.83. The van der Waals surface area contributed by atoms with Gasteiger partial charge in [0.05, 0.1) is 5.70 Å². The molecule has 0 atom stereocenters. The zero-order chi connectivity index (χ0) is 9.97. The maximum atomic E-state index is 4.12. The normalized spacial score (nSPS) is 19.1. The fourth-order valence-electron chi connectivity index (χ4n) is 1.17. The maximum Gasteiger partial charge on any atom is 0.131 e. The largest absolute Gasteiger partial charge is 0.302 e. The Labute approximate surface area is 83.2 Å². The lowest BCUT2D eigenvalue weighted by molar-refractivity contribution is 0.250. The zero-order valence-corrected chi connectivity index (χ0v) is 8.25. The number of fused-ring (bicyclic) bond motifs is 1. The van der Waals surface area contributed by atoms with E-state index in [0.717, 1.165) is 5.70 Å². The first-order chi connectivity index (χ1) is 6.75. The van der Waals surface area contributed by atoms with Crippen LogP contribution in [0.25, 0.3) is 0 Å². The van der Waals surface area contributed by atoms with Crippen LogP contribution in [0.2, 0.25) is 0 Å². The van der Waals surface area contributed by atoms with E-state index in [1.165, 1.54) is 0 Å². The smallest absolute Gasteiger partial charge is 0.131 e. The molecule has 0 fully saturated rings. The quantitative estimate of drug-likeness (QED) is 0.390. The van der Waals surface area contributed by atoms with Crippen molar-refractivity contribution < 1.29 is 0 Å². The molecule has 2 heterocycles. The number of hydrazine groups is 2. The van der Waals surface area contributed by atoms with Crippen LogP contribution in [0, 0.1) is 0 Å². The van der Waals surface area contributed by atoms with Crippen molar-refractivity contribution in [3.63, 3.8) is 0 Å². The third-order valence-corrected chi connectivity index (χ3v) is 1.79. The average molecular weight is 191 g/mol. The minimum absolute atomic E-state index is 1.10. The molecule has 2 rings (SSSR count). The Morgan fingerprint density at radius 1 is 1.43 bits per heavy atom. The summed E-state index contributed by atoms with van der Waals surface area (Å²) in [7, 11) is 3.76. The molecule has 0 aromatic heterocycles. The number of allylic oxidation sites excluding steroid dienone is 3. The molecule has 74 valence electrons. The van der Waals surface area contributed by atoms with E-state index < -0.39 is 0 Å². The highest BCUT2D eigenvalue weighted by atomic mass is 15.8. The number of rotatable bonds is 2. The Balaban J connectivity index is 2.03. The first-order valence-corrected chi connectivity index (χ1v) is 4.38. The van der Waals surface area contributed by atoms with Gasteiger partial charge < -0.3 is 5.01 Å². The van der Waals surface area contributed by atoms with E-state index in [9.17, 15) is 0 Å². The van der Waals surface area contributed by atoms with Gasteiger partial charge in [0.1, 0.15) is 6.34 Å². The van der Waals surface area contributed by atoms with Crippen LogP contribution in [0.1, 0.15) is 0 Å². The summed E-state index contributed by atoms with van der Waals surface area (Å²) in [6.45, 7) is 0. The predicted octanol–water partition coefficient (Wildman–Crippen LogP) is 0.453. The molecular formula is C9H13N5. The molecule has 0 aliphatic carbocycles. The van der Waals surface area contributed by atoms with Crippen molar-refractivity contribution >= 4 is 6.34 Å². The van der Waals surface area contributed by atoms with E-state index in [-0.39, 0.29) is 0 Å². The first-order valence-electron chi connectivity index (χ1n) is 4.38. The third kappa shape index (κ3) is 1.77. The Morgan fingerprint density at radius 3 is 3.00 bits per heavy atom. The molecule has 0 aromatic rings. The fourth-order valence-corrected chi connectivity index (χ4v) is 1.17. The summed E-state index contributed by atoms with van der Waals surface area (Å²) in [5.74, 6) is 0. The van der Waals surface area contributed by atoms with Crippen molar-refractivity contribution in [2.45, 2.75) is 0 Å². The van der Waals surface area contributed by atoms with Crippen LogP contribution in [0.4, 0.5) is 0 Å². The van der Waals surface area contributed by atoms with Gasteiger partial charge in [-0.1, -0.05) is 6.08 Å². The van der Waals surface area contributed by atoms with Crippen LogP contribution in [0.15, 0.2) is 41.4 Å². The van der Waals surface area contributed by atoms with Crippen molar-refractivity contribution in [2.24, 2.45) is 5.10 Å². The molecule has 0 unspecified atom stereocenters. The number of nitrogens with zero attached hydrogens (tertiary/aromatic N) is 4.